The van der Waals surface area contributed by atoms with Gasteiger partial charge in [-0.3, -0.25) is 0 Å². The summed E-state index contributed by atoms with van der Waals surface area (Å²) < 4.78 is 5.07. The van der Waals surface area contributed by atoms with Gasteiger partial charge in [0, 0.05) is 0 Å². The Morgan fingerprint density at radius 1 is 1.27 bits per heavy atom. The molecule has 0 atom stereocenters. The standard InChI is InChI=1S/C12H15NO2/c1-12(2,3)15-11(14)9-13-10-7-5-4-6-8-10/h4-9H,1-3H3. The minimum atomic E-state index is -0.472. The number of para-hydroxylation sites is 1. The Hall–Kier alpha value is -1.64. The van der Waals surface area contributed by atoms with Gasteiger partial charge in [0.2, 0.25) is 0 Å². The summed E-state index contributed by atoms with van der Waals surface area (Å²) >= 11 is 0. The van der Waals surface area contributed by atoms with Gasteiger partial charge in [0.05, 0.1) is 5.69 Å². The van der Waals surface area contributed by atoms with Crippen LogP contribution in [0.2, 0.25) is 0 Å². The molecule has 80 valence electrons. The highest BCUT2D eigenvalue weighted by molar-refractivity contribution is 6.23. The van der Waals surface area contributed by atoms with Gasteiger partial charge in [-0.15, -0.1) is 0 Å². The van der Waals surface area contributed by atoms with Gasteiger partial charge in [-0.2, -0.15) is 0 Å². The quantitative estimate of drug-likeness (QED) is 0.550. The van der Waals surface area contributed by atoms with E-state index in [9.17, 15) is 4.79 Å². The number of carbonyl (C=O) groups is 1. The van der Waals surface area contributed by atoms with Crippen molar-refractivity contribution in [1.82, 2.24) is 0 Å². The van der Waals surface area contributed by atoms with Crippen LogP contribution in [0.25, 0.3) is 0 Å². The van der Waals surface area contributed by atoms with Crippen molar-refractivity contribution in [3.05, 3.63) is 30.3 Å². The first-order chi connectivity index (χ1) is 6.97. The summed E-state index contributed by atoms with van der Waals surface area (Å²) in [7, 11) is 0. The first kappa shape index (κ1) is 11.4. The molecule has 0 saturated heterocycles. The summed E-state index contributed by atoms with van der Waals surface area (Å²) in [6.07, 6.45) is 1.20. The first-order valence-corrected chi connectivity index (χ1v) is 4.79. The molecule has 1 aromatic carbocycles. The zero-order chi connectivity index (χ0) is 11.3. The van der Waals surface area contributed by atoms with Crippen LogP contribution in [0.4, 0.5) is 5.69 Å². The van der Waals surface area contributed by atoms with Gasteiger partial charge >= 0.3 is 5.97 Å². The van der Waals surface area contributed by atoms with Crippen molar-refractivity contribution in [3.8, 4) is 0 Å². The number of hydrogen-bond donors (Lipinski definition) is 0. The summed E-state index contributed by atoms with van der Waals surface area (Å²) in [5, 5.41) is 0. The number of esters is 1. The molecule has 1 rings (SSSR count). The molecule has 0 spiro atoms. The van der Waals surface area contributed by atoms with E-state index >= 15 is 0 Å². The van der Waals surface area contributed by atoms with E-state index in [1.165, 1.54) is 6.21 Å². The molecule has 3 heteroatoms. The van der Waals surface area contributed by atoms with Crippen molar-refractivity contribution in [3.63, 3.8) is 0 Å². The summed E-state index contributed by atoms with van der Waals surface area (Å²) in [5.41, 5.74) is 0.267. The molecule has 0 N–H and O–H groups in total. The van der Waals surface area contributed by atoms with Crippen LogP contribution in [0.15, 0.2) is 35.3 Å². The summed E-state index contributed by atoms with van der Waals surface area (Å²) in [5.74, 6) is -0.425. The monoisotopic (exact) mass is 205 g/mol. The van der Waals surface area contributed by atoms with E-state index in [2.05, 4.69) is 4.99 Å². The van der Waals surface area contributed by atoms with E-state index in [-0.39, 0.29) is 0 Å². The molecular formula is C12H15NO2. The predicted molar refractivity (Wildman–Crippen MR) is 60.4 cm³/mol. The molecule has 0 aliphatic rings. The van der Waals surface area contributed by atoms with Gasteiger partial charge in [-0.25, -0.2) is 9.79 Å². The van der Waals surface area contributed by atoms with Crippen molar-refractivity contribution in [1.29, 1.82) is 0 Å². The second-order valence-corrected chi connectivity index (χ2v) is 4.13. The third-order valence-corrected chi connectivity index (χ3v) is 1.48. The van der Waals surface area contributed by atoms with Gasteiger partial charge in [0.1, 0.15) is 11.8 Å². The first-order valence-electron chi connectivity index (χ1n) is 4.79. The van der Waals surface area contributed by atoms with E-state index in [4.69, 9.17) is 4.74 Å². The van der Waals surface area contributed by atoms with Crippen LogP contribution < -0.4 is 0 Å². The van der Waals surface area contributed by atoms with E-state index in [0.717, 1.165) is 5.69 Å². The van der Waals surface area contributed by atoms with E-state index < -0.39 is 11.6 Å². The molecule has 0 amide bonds. The lowest BCUT2D eigenvalue weighted by Crippen LogP contribution is -2.24. The Morgan fingerprint density at radius 2 is 1.87 bits per heavy atom. The highest BCUT2D eigenvalue weighted by atomic mass is 16.6. The van der Waals surface area contributed by atoms with Crippen molar-refractivity contribution >= 4 is 17.9 Å². The highest BCUT2D eigenvalue weighted by Crippen LogP contribution is 2.10. The average molecular weight is 205 g/mol. The Bertz CT molecular complexity index is 350. The maximum absolute atomic E-state index is 11.3. The van der Waals surface area contributed by atoms with Crippen LogP contribution in [0.3, 0.4) is 0 Å². The molecular weight excluding hydrogens is 190 g/mol. The van der Waals surface area contributed by atoms with Crippen LogP contribution in [0, 0.1) is 0 Å². The fourth-order valence-electron chi connectivity index (χ4n) is 0.969. The molecule has 0 radical (unpaired) electrons. The summed E-state index contributed by atoms with van der Waals surface area (Å²) in [4.78, 5) is 15.3. The number of aliphatic imine (C=N–C) groups is 1. The maximum Gasteiger partial charge on any atom is 0.349 e. The van der Waals surface area contributed by atoms with Crippen molar-refractivity contribution in [2.45, 2.75) is 26.4 Å². The lowest BCUT2D eigenvalue weighted by atomic mass is 10.2. The number of carbonyl (C=O) groups excluding carboxylic acids is 1. The lowest BCUT2D eigenvalue weighted by molar-refractivity contribution is -0.145. The van der Waals surface area contributed by atoms with Gasteiger partial charge in [-0.05, 0) is 32.9 Å². The van der Waals surface area contributed by atoms with Crippen LogP contribution in [-0.4, -0.2) is 17.8 Å². The Balaban J connectivity index is 2.56. The van der Waals surface area contributed by atoms with Gasteiger partial charge in [-0.1, -0.05) is 18.2 Å². The SMILES string of the molecule is CC(C)(C)OC(=O)C=Nc1ccccc1. The molecule has 0 aliphatic carbocycles. The molecule has 0 unspecified atom stereocenters. The molecule has 0 bridgehead atoms. The zero-order valence-corrected chi connectivity index (χ0v) is 9.23. The molecule has 0 heterocycles. The fourth-order valence-corrected chi connectivity index (χ4v) is 0.969. The van der Waals surface area contributed by atoms with Crippen molar-refractivity contribution < 1.29 is 9.53 Å². The second-order valence-electron chi connectivity index (χ2n) is 4.13. The number of nitrogens with zero attached hydrogens (tertiary/aromatic N) is 1. The van der Waals surface area contributed by atoms with E-state index in [1.807, 2.05) is 51.1 Å². The summed E-state index contributed by atoms with van der Waals surface area (Å²) in [6.45, 7) is 5.46. The molecule has 0 aliphatic heterocycles. The lowest BCUT2D eigenvalue weighted by Gasteiger charge is -2.17. The molecule has 0 fully saturated rings. The molecule has 0 aromatic heterocycles. The average Bonchev–Trinajstić information content (AvgIpc) is 2.14. The number of ether oxygens (including phenoxy) is 1. The zero-order valence-electron chi connectivity index (χ0n) is 9.23. The number of benzene rings is 1. The smallest absolute Gasteiger partial charge is 0.349 e. The molecule has 1 aromatic rings. The fraction of sp³-hybridized carbons (Fsp3) is 0.333. The third-order valence-electron chi connectivity index (χ3n) is 1.48. The Morgan fingerprint density at radius 3 is 2.40 bits per heavy atom. The predicted octanol–water partition coefficient (Wildman–Crippen LogP) is 2.73. The van der Waals surface area contributed by atoms with Crippen molar-refractivity contribution in [2.75, 3.05) is 0 Å². The van der Waals surface area contributed by atoms with Crippen LogP contribution >= 0.6 is 0 Å². The largest absolute Gasteiger partial charge is 0.456 e. The minimum absolute atomic E-state index is 0.425. The van der Waals surface area contributed by atoms with Crippen LogP contribution in [-0.2, 0) is 9.53 Å². The Kier molecular flexibility index (Phi) is 3.61. The molecule has 3 nitrogen and oxygen atoms in total. The maximum atomic E-state index is 11.3. The normalized spacial score (nSPS) is 11.7. The number of rotatable bonds is 2. The van der Waals surface area contributed by atoms with Gasteiger partial charge < -0.3 is 4.74 Å². The molecule has 0 saturated carbocycles. The minimum Gasteiger partial charge on any atom is -0.456 e. The van der Waals surface area contributed by atoms with E-state index in [1.54, 1.807) is 0 Å². The second kappa shape index (κ2) is 4.73. The topological polar surface area (TPSA) is 38.7 Å². The number of hydrogen-bond acceptors (Lipinski definition) is 3. The van der Waals surface area contributed by atoms with Gasteiger partial charge in [0.15, 0.2) is 0 Å². The van der Waals surface area contributed by atoms with Crippen LogP contribution in [0.5, 0.6) is 0 Å². The van der Waals surface area contributed by atoms with Crippen molar-refractivity contribution in [2.24, 2.45) is 4.99 Å². The highest BCUT2D eigenvalue weighted by Gasteiger charge is 2.14. The van der Waals surface area contributed by atoms with Crippen LogP contribution in [0.1, 0.15) is 20.8 Å². The van der Waals surface area contributed by atoms with Gasteiger partial charge in [0.25, 0.3) is 0 Å². The Labute approximate surface area is 89.8 Å². The molecule has 15 heavy (non-hydrogen) atoms. The summed E-state index contributed by atoms with van der Waals surface area (Å²) in [6, 6.07) is 9.26. The van der Waals surface area contributed by atoms with E-state index in [0.29, 0.717) is 0 Å². The third kappa shape index (κ3) is 4.96.